The molecule has 1 saturated heterocycles. The van der Waals surface area contributed by atoms with Crippen LogP contribution in [-0.2, 0) is 6.54 Å². The molecule has 0 bridgehead atoms. The number of piperidine rings is 1. The van der Waals surface area contributed by atoms with Gasteiger partial charge in [0.15, 0.2) is 17.3 Å². The fraction of sp³-hybridized carbons (Fsp3) is 0.417. The van der Waals surface area contributed by atoms with Gasteiger partial charge in [0.25, 0.3) is 0 Å². The molecule has 0 radical (unpaired) electrons. The number of para-hydroxylation sites is 1. The van der Waals surface area contributed by atoms with Gasteiger partial charge in [-0.05, 0) is 31.0 Å². The molecule has 2 aliphatic heterocycles. The van der Waals surface area contributed by atoms with Gasteiger partial charge in [0.2, 0.25) is 5.75 Å². The molecule has 0 N–H and O–H groups in total. The van der Waals surface area contributed by atoms with Crippen LogP contribution < -0.4 is 18.9 Å². The van der Waals surface area contributed by atoms with Crippen LogP contribution in [0.15, 0.2) is 36.4 Å². The summed E-state index contributed by atoms with van der Waals surface area (Å²) in [6, 6.07) is 11.1. The minimum Gasteiger partial charge on any atom is -0.493 e. The summed E-state index contributed by atoms with van der Waals surface area (Å²) in [6.07, 6.45) is 1.29. The summed E-state index contributed by atoms with van der Waals surface area (Å²) in [4.78, 5) is 29.3. The SMILES string of the molecule is COc1cc(C(=O)CN2CCC(N3Cc4ccccc4OC3=O)CC2)cc(OC)c1OC. The van der Waals surface area contributed by atoms with Crippen molar-refractivity contribution in [3.8, 4) is 23.0 Å². The molecule has 0 atom stereocenters. The van der Waals surface area contributed by atoms with Gasteiger partial charge in [0.05, 0.1) is 34.4 Å². The van der Waals surface area contributed by atoms with Crippen LogP contribution in [0.2, 0.25) is 0 Å². The maximum Gasteiger partial charge on any atom is 0.415 e. The Morgan fingerprint density at radius 2 is 1.69 bits per heavy atom. The van der Waals surface area contributed by atoms with Gasteiger partial charge in [-0.2, -0.15) is 0 Å². The van der Waals surface area contributed by atoms with Crippen LogP contribution in [0.3, 0.4) is 0 Å². The van der Waals surface area contributed by atoms with Crippen molar-refractivity contribution in [3.63, 3.8) is 0 Å². The first-order valence-corrected chi connectivity index (χ1v) is 10.7. The average molecular weight is 440 g/mol. The zero-order chi connectivity index (χ0) is 22.7. The number of carbonyl (C=O) groups excluding carboxylic acids is 2. The summed E-state index contributed by atoms with van der Waals surface area (Å²) in [5, 5.41) is 0. The number of benzene rings is 2. The maximum absolute atomic E-state index is 12.9. The predicted octanol–water partition coefficient (Wildman–Crippen LogP) is 3.37. The summed E-state index contributed by atoms with van der Waals surface area (Å²) >= 11 is 0. The van der Waals surface area contributed by atoms with Gasteiger partial charge in [0, 0.05) is 30.3 Å². The number of amides is 1. The second kappa shape index (κ2) is 9.48. The highest BCUT2D eigenvalue weighted by atomic mass is 16.6. The predicted molar refractivity (Wildman–Crippen MR) is 118 cm³/mol. The van der Waals surface area contributed by atoms with E-state index in [0.717, 1.165) is 31.5 Å². The van der Waals surface area contributed by atoms with Crippen molar-refractivity contribution in [2.75, 3.05) is 41.0 Å². The second-order valence-corrected chi connectivity index (χ2v) is 7.95. The molecule has 0 spiro atoms. The fourth-order valence-electron chi connectivity index (χ4n) is 4.34. The Hall–Kier alpha value is -3.26. The highest BCUT2D eigenvalue weighted by molar-refractivity contribution is 5.98. The number of hydrogen-bond acceptors (Lipinski definition) is 7. The van der Waals surface area contributed by atoms with Crippen molar-refractivity contribution < 1.29 is 28.5 Å². The van der Waals surface area contributed by atoms with E-state index in [2.05, 4.69) is 4.90 Å². The molecule has 170 valence electrons. The van der Waals surface area contributed by atoms with Gasteiger partial charge < -0.3 is 23.8 Å². The van der Waals surface area contributed by atoms with Crippen LogP contribution in [0.25, 0.3) is 0 Å². The molecular weight excluding hydrogens is 412 g/mol. The molecule has 32 heavy (non-hydrogen) atoms. The molecule has 0 aliphatic carbocycles. The molecule has 1 fully saturated rings. The largest absolute Gasteiger partial charge is 0.493 e. The quantitative estimate of drug-likeness (QED) is 0.611. The average Bonchev–Trinajstić information content (AvgIpc) is 2.83. The molecule has 8 nitrogen and oxygen atoms in total. The number of methoxy groups -OCH3 is 3. The van der Waals surface area contributed by atoms with E-state index in [0.29, 0.717) is 41.7 Å². The number of ketones is 1. The third kappa shape index (κ3) is 4.36. The van der Waals surface area contributed by atoms with Crippen molar-refractivity contribution in [3.05, 3.63) is 47.5 Å². The number of nitrogens with zero attached hydrogens (tertiary/aromatic N) is 2. The monoisotopic (exact) mass is 440 g/mol. The number of hydrogen-bond donors (Lipinski definition) is 0. The smallest absolute Gasteiger partial charge is 0.415 e. The normalized spacial score (nSPS) is 16.8. The Bertz CT molecular complexity index is 975. The third-order valence-corrected chi connectivity index (χ3v) is 6.10. The molecule has 4 rings (SSSR count). The molecule has 2 aliphatic rings. The van der Waals surface area contributed by atoms with Crippen molar-refractivity contribution in [2.24, 2.45) is 0 Å². The number of rotatable bonds is 7. The topological polar surface area (TPSA) is 77.5 Å². The number of likely N-dealkylation sites (tertiary alicyclic amines) is 1. The molecular formula is C24H28N2O6. The molecule has 8 heteroatoms. The Kier molecular flexibility index (Phi) is 6.50. The van der Waals surface area contributed by atoms with Crippen LogP contribution in [0, 0.1) is 0 Å². The highest BCUT2D eigenvalue weighted by Gasteiger charge is 2.33. The van der Waals surface area contributed by atoms with Gasteiger partial charge in [-0.3, -0.25) is 9.69 Å². The third-order valence-electron chi connectivity index (χ3n) is 6.10. The molecule has 2 aromatic carbocycles. The molecule has 0 aromatic heterocycles. The lowest BCUT2D eigenvalue weighted by Crippen LogP contribution is -2.50. The second-order valence-electron chi connectivity index (χ2n) is 7.95. The minimum absolute atomic E-state index is 0.0194. The number of Topliss-reactive ketones (excluding diaryl/α,β-unsaturated/α-hetero) is 1. The van der Waals surface area contributed by atoms with E-state index in [4.69, 9.17) is 18.9 Å². The lowest BCUT2D eigenvalue weighted by Gasteiger charge is -2.39. The Morgan fingerprint density at radius 3 is 2.31 bits per heavy atom. The molecule has 2 heterocycles. The lowest BCUT2D eigenvalue weighted by molar-refractivity contribution is 0.0739. The maximum atomic E-state index is 12.9. The van der Waals surface area contributed by atoms with E-state index < -0.39 is 0 Å². The molecule has 1 amide bonds. The van der Waals surface area contributed by atoms with Gasteiger partial charge in [-0.15, -0.1) is 0 Å². The van der Waals surface area contributed by atoms with E-state index in [1.54, 1.807) is 17.0 Å². The fourth-order valence-corrected chi connectivity index (χ4v) is 4.34. The van der Waals surface area contributed by atoms with Gasteiger partial charge in [-0.1, -0.05) is 18.2 Å². The summed E-state index contributed by atoms with van der Waals surface area (Å²) in [5.41, 5.74) is 1.53. The van der Waals surface area contributed by atoms with E-state index in [1.807, 2.05) is 24.3 Å². The van der Waals surface area contributed by atoms with Crippen molar-refractivity contribution in [2.45, 2.75) is 25.4 Å². The summed E-state index contributed by atoms with van der Waals surface area (Å²) < 4.78 is 21.5. The van der Waals surface area contributed by atoms with Gasteiger partial charge in [0.1, 0.15) is 5.75 Å². The van der Waals surface area contributed by atoms with Gasteiger partial charge in [-0.25, -0.2) is 4.79 Å². The molecule has 0 unspecified atom stereocenters. The van der Waals surface area contributed by atoms with E-state index >= 15 is 0 Å². The Balaban J connectivity index is 1.37. The summed E-state index contributed by atoms with van der Waals surface area (Å²) in [6.45, 7) is 2.31. The van der Waals surface area contributed by atoms with Crippen molar-refractivity contribution >= 4 is 11.9 Å². The van der Waals surface area contributed by atoms with Crippen LogP contribution in [0.1, 0.15) is 28.8 Å². The van der Waals surface area contributed by atoms with Gasteiger partial charge >= 0.3 is 6.09 Å². The van der Waals surface area contributed by atoms with Crippen LogP contribution in [0.5, 0.6) is 23.0 Å². The zero-order valence-corrected chi connectivity index (χ0v) is 18.6. The van der Waals surface area contributed by atoms with E-state index in [1.165, 1.54) is 21.3 Å². The van der Waals surface area contributed by atoms with Crippen LogP contribution in [0.4, 0.5) is 4.79 Å². The van der Waals surface area contributed by atoms with Crippen molar-refractivity contribution in [1.82, 2.24) is 9.80 Å². The van der Waals surface area contributed by atoms with Crippen LogP contribution in [-0.4, -0.2) is 68.7 Å². The van der Waals surface area contributed by atoms with E-state index in [9.17, 15) is 9.59 Å². The number of fused-ring (bicyclic) bond motifs is 1. The number of ether oxygens (including phenoxy) is 4. The Labute approximate surface area is 187 Å². The van der Waals surface area contributed by atoms with Crippen molar-refractivity contribution in [1.29, 1.82) is 0 Å². The lowest BCUT2D eigenvalue weighted by atomic mass is 10.0. The first-order valence-electron chi connectivity index (χ1n) is 10.7. The van der Waals surface area contributed by atoms with E-state index in [-0.39, 0.29) is 17.9 Å². The molecule has 2 aromatic rings. The first kappa shape index (κ1) is 22.0. The first-order chi connectivity index (χ1) is 15.5. The zero-order valence-electron chi connectivity index (χ0n) is 18.6. The van der Waals surface area contributed by atoms with Crippen LogP contribution >= 0.6 is 0 Å². The molecule has 0 saturated carbocycles. The Morgan fingerprint density at radius 1 is 1.03 bits per heavy atom. The standard InChI is InChI=1S/C24H28N2O6/c1-29-21-12-17(13-22(30-2)23(21)31-3)19(27)15-25-10-8-18(9-11-25)26-14-16-6-4-5-7-20(16)32-24(26)28/h4-7,12-13,18H,8-11,14-15H2,1-3H3. The summed E-state index contributed by atoms with van der Waals surface area (Å²) in [7, 11) is 4.59. The minimum atomic E-state index is -0.296. The highest BCUT2D eigenvalue weighted by Crippen LogP contribution is 2.38. The number of carbonyl (C=O) groups is 2. The summed E-state index contributed by atoms with van der Waals surface area (Å²) in [5.74, 6) is 1.99.